The molecular weight excluding hydrogens is 469 g/mol. The highest BCUT2D eigenvalue weighted by molar-refractivity contribution is 7.92. The predicted molar refractivity (Wildman–Crippen MR) is 124 cm³/mol. The standard InChI is InChI=1S/C19H19Cl2N3O4S2/c1-23-16-8-5-12(10-17(16)29-19(23)26)22-18(25)4-3-9-24(30(2,27)28)13-6-7-14(20)15(21)11-13/h5-8,10-11H,3-4,9H2,1-2H3,(H,22,25). The minimum Gasteiger partial charge on any atom is -0.326 e. The van der Waals surface area contributed by atoms with E-state index in [1.54, 1.807) is 35.9 Å². The summed E-state index contributed by atoms with van der Waals surface area (Å²) in [7, 11) is -1.87. The average molecular weight is 488 g/mol. The molecule has 0 saturated heterocycles. The first-order valence-electron chi connectivity index (χ1n) is 8.88. The molecule has 0 aliphatic rings. The number of hydrogen-bond donors (Lipinski definition) is 1. The number of aromatic nitrogens is 1. The molecule has 11 heteroatoms. The molecule has 0 saturated carbocycles. The molecule has 0 unspecified atom stereocenters. The SMILES string of the molecule is Cn1c(=O)sc2cc(NC(=O)CCCN(c3ccc(Cl)c(Cl)c3)S(C)(=O)=O)ccc21. The molecule has 3 aromatic rings. The van der Waals surface area contributed by atoms with E-state index in [1.807, 2.05) is 0 Å². The van der Waals surface area contributed by atoms with Crippen molar-refractivity contribution in [3.05, 3.63) is 56.1 Å². The van der Waals surface area contributed by atoms with Gasteiger partial charge in [0, 0.05) is 25.7 Å². The van der Waals surface area contributed by atoms with Gasteiger partial charge in [-0.3, -0.25) is 13.9 Å². The van der Waals surface area contributed by atoms with Crippen molar-refractivity contribution < 1.29 is 13.2 Å². The number of thiazole rings is 1. The zero-order chi connectivity index (χ0) is 22.1. The number of nitrogens with one attached hydrogen (secondary N) is 1. The molecular formula is C19H19Cl2N3O4S2. The molecule has 1 aromatic heterocycles. The highest BCUT2D eigenvalue weighted by atomic mass is 35.5. The van der Waals surface area contributed by atoms with Crippen LogP contribution in [0.2, 0.25) is 10.0 Å². The zero-order valence-corrected chi connectivity index (χ0v) is 19.3. The third-order valence-corrected chi connectivity index (χ3v) is 7.36. The Morgan fingerprint density at radius 2 is 1.90 bits per heavy atom. The Balaban J connectivity index is 1.64. The number of rotatable bonds is 7. The minimum atomic E-state index is -3.56. The van der Waals surface area contributed by atoms with Crippen LogP contribution in [-0.4, -0.2) is 31.7 Å². The fourth-order valence-electron chi connectivity index (χ4n) is 2.94. The minimum absolute atomic E-state index is 0.0726. The molecule has 2 aromatic carbocycles. The van der Waals surface area contributed by atoms with E-state index < -0.39 is 10.0 Å². The van der Waals surface area contributed by atoms with Crippen LogP contribution in [0.15, 0.2) is 41.2 Å². The van der Waals surface area contributed by atoms with E-state index in [0.717, 1.165) is 27.8 Å². The third kappa shape index (κ3) is 5.15. The van der Waals surface area contributed by atoms with E-state index >= 15 is 0 Å². The number of anilines is 2. The summed E-state index contributed by atoms with van der Waals surface area (Å²) >= 11 is 13.0. The molecule has 0 atom stereocenters. The van der Waals surface area contributed by atoms with E-state index in [-0.39, 0.29) is 28.8 Å². The maximum Gasteiger partial charge on any atom is 0.307 e. The fraction of sp³-hybridized carbons (Fsp3) is 0.263. The first-order chi connectivity index (χ1) is 14.1. The van der Waals surface area contributed by atoms with Crippen LogP contribution in [0, 0.1) is 0 Å². The number of benzene rings is 2. The molecule has 160 valence electrons. The smallest absolute Gasteiger partial charge is 0.307 e. The lowest BCUT2D eigenvalue weighted by Crippen LogP contribution is -2.31. The van der Waals surface area contributed by atoms with Crippen LogP contribution in [0.5, 0.6) is 0 Å². The largest absolute Gasteiger partial charge is 0.326 e. The Kier molecular flexibility index (Phi) is 6.76. The molecule has 1 amide bonds. The summed E-state index contributed by atoms with van der Waals surface area (Å²) in [5, 5.41) is 3.36. The molecule has 0 aliphatic carbocycles. The quantitative estimate of drug-likeness (QED) is 0.543. The number of aryl methyl sites for hydroxylation is 1. The molecule has 0 spiro atoms. The van der Waals surface area contributed by atoms with Crippen molar-refractivity contribution in [2.75, 3.05) is 22.4 Å². The maximum atomic E-state index is 12.3. The van der Waals surface area contributed by atoms with Crippen molar-refractivity contribution >= 4 is 72.1 Å². The topological polar surface area (TPSA) is 88.5 Å². The van der Waals surface area contributed by atoms with Crippen molar-refractivity contribution in [1.82, 2.24) is 4.57 Å². The highest BCUT2D eigenvalue weighted by Gasteiger charge is 2.18. The molecule has 0 aliphatic heterocycles. The maximum absolute atomic E-state index is 12.3. The van der Waals surface area contributed by atoms with Crippen molar-refractivity contribution in [2.24, 2.45) is 7.05 Å². The molecule has 1 heterocycles. The summed E-state index contributed by atoms with van der Waals surface area (Å²) in [6.45, 7) is 0.115. The van der Waals surface area contributed by atoms with Gasteiger partial charge >= 0.3 is 4.87 Å². The number of nitrogens with zero attached hydrogens (tertiary/aromatic N) is 2. The summed E-state index contributed by atoms with van der Waals surface area (Å²) in [6, 6.07) is 9.82. The second-order valence-corrected chi connectivity index (χ2v) is 10.4. The highest BCUT2D eigenvalue weighted by Crippen LogP contribution is 2.28. The van der Waals surface area contributed by atoms with Crippen LogP contribution in [0.1, 0.15) is 12.8 Å². The van der Waals surface area contributed by atoms with E-state index in [0.29, 0.717) is 22.8 Å². The van der Waals surface area contributed by atoms with Gasteiger partial charge in [0.15, 0.2) is 0 Å². The lowest BCUT2D eigenvalue weighted by atomic mass is 10.2. The fourth-order valence-corrected chi connectivity index (χ4v) is 5.11. The number of sulfonamides is 1. The Bertz CT molecular complexity index is 1270. The number of fused-ring (bicyclic) bond motifs is 1. The first kappa shape index (κ1) is 22.6. The van der Waals surface area contributed by atoms with Gasteiger partial charge in [-0.1, -0.05) is 34.5 Å². The van der Waals surface area contributed by atoms with Crippen LogP contribution in [0.4, 0.5) is 11.4 Å². The number of hydrogen-bond acceptors (Lipinski definition) is 5. The average Bonchev–Trinajstić information content (AvgIpc) is 2.94. The lowest BCUT2D eigenvalue weighted by Gasteiger charge is -2.22. The third-order valence-electron chi connectivity index (χ3n) is 4.43. The van der Waals surface area contributed by atoms with E-state index in [9.17, 15) is 18.0 Å². The van der Waals surface area contributed by atoms with Crippen molar-refractivity contribution in [3.8, 4) is 0 Å². The second-order valence-electron chi connectivity index (χ2n) is 6.69. The molecule has 30 heavy (non-hydrogen) atoms. The Labute approximate surface area is 187 Å². The Hall–Kier alpha value is -2.07. The number of amides is 1. The Morgan fingerprint density at radius 3 is 2.57 bits per heavy atom. The summed E-state index contributed by atoms with van der Waals surface area (Å²) in [6.07, 6.45) is 1.52. The summed E-state index contributed by atoms with van der Waals surface area (Å²) in [4.78, 5) is 24.0. The molecule has 0 fully saturated rings. The number of carbonyl (C=O) groups is 1. The van der Waals surface area contributed by atoms with Crippen molar-refractivity contribution in [3.63, 3.8) is 0 Å². The van der Waals surface area contributed by atoms with Crippen LogP contribution in [-0.2, 0) is 21.9 Å². The van der Waals surface area contributed by atoms with E-state index in [4.69, 9.17) is 23.2 Å². The molecule has 0 bridgehead atoms. The van der Waals surface area contributed by atoms with Crippen molar-refractivity contribution in [2.45, 2.75) is 12.8 Å². The molecule has 1 N–H and O–H groups in total. The summed E-state index contributed by atoms with van der Waals surface area (Å²) < 4.78 is 27.9. The van der Waals surface area contributed by atoms with Gasteiger partial charge in [-0.25, -0.2) is 8.42 Å². The van der Waals surface area contributed by atoms with Crippen LogP contribution in [0.25, 0.3) is 10.2 Å². The predicted octanol–water partition coefficient (Wildman–Crippen LogP) is 4.09. The van der Waals surface area contributed by atoms with Gasteiger partial charge in [-0.15, -0.1) is 0 Å². The van der Waals surface area contributed by atoms with Crippen LogP contribution >= 0.6 is 34.5 Å². The molecule has 7 nitrogen and oxygen atoms in total. The van der Waals surface area contributed by atoms with E-state index in [2.05, 4.69) is 5.32 Å². The lowest BCUT2D eigenvalue weighted by molar-refractivity contribution is -0.116. The normalized spacial score (nSPS) is 11.6. The van der Waals surface area contributed by atoms with Crippen molar-refractivity contribution in [1.29, 1.82) is 0 Å². The monoisotopic (exact) mass is 487 g/mol. The van der Waals surface area contributed by atoms with Crippen LogP contribution in [0.3, 0.4) is 0 Å². The number of carbonyl (C=O) groups excluding carboxylic acids is 1. The van der Waals surface area contributed by atoms with Gasteiger partial charge in [-0.2, -0.15) is 0 Å². The summed E-state index contributed by atoms with van der Waals surface area (Å²) in [5.74, 6) is -0.250. The molecule has 0 radical (unpaired) electrons. The number of halogens is 2. The van der Waals surface area contributed by atoms with Gasteiger partial charge < -0.3 is 9.88 Å². The summed E-state index contributed by atoms with van der Waals surface area (Å²) in [5.41, 5.74) is 1.77. The molecule has 3 rings (SSSR count). The van der Waals surface area contributed by atoms with Gasteiger partial charge in [-0.05, 0) is 42.8 Å². The first-order valence-corrected chi connectivity index (χ1v) is 12.3. The van der Waals surface area contributed by atoms with Gasteiger partial charge in [0.05, 0.1) is 32.2 Å². The van der Waals surface area contributed by atoms with Gasteiger partial charge in [0.1, 0.15) is 0 Å². The van der Waals surface area contributed by atoms with Gasteiger partial charge in [0.25, 0.3) is 0 Å². The second kappa shape index (κ2) is 8.97. The van der Waals surface area contributed by atoms with Gasteiger partial charge in [0.2, 0.25) is 15.9 Å². The zero-order valence-electron chi connectivity index (χ0n) is 16.2. The van der Waals surface area contributed by atoms with Crippen LogP contribution < -0.4 is 14.5 Å². The van der Waals surface area contributed by atoms with E-state index in [1.165, 1.54) is 16.4 Å². The Morgan fingerprint density at radius 1 is 1.17 bits per heavy atom.